The van der Waals surface area contributed by atoms with Crippen LogP contribution in [0.2, 0.25) is 0 Å². The average Bonchev–Trinajstić information content (AvgIpc) is 2.63. The fraction of sp³-hybridized carbons (Fsp3) is 0.400. The van der Waals surface area contributed by atoms with Gasteiger partial charge in [0.2, 0.25) is 10.0 Å². The van der Waals surface area contributed by atoms with Crippen LogP contribution in [0, 0.1) is 13.8 Å². The van der Waals surface area contributed by atoms with E-state index in [1.165, 1.54) is 0 Å². The van der Waals surface area contributed by atoms with Crippen molar-refractivity contribution in [1.82, 2.24) is 4.72 Å². The van der Waals surface area contributed by atoms with E-state index in [9.17, 15) is 8.42 Å². The summed E-state index contributed by atoms with van der Waals surface area (Å²) in [5, 5.41) is 0. The molecule has 0 amide bonds. The van der Waals surface area contributed by atoms with Crippen LogP contribution in [0.4, 0.5) is 0 Å². The van der Waals surface area contributed by atoms with Crippen molar-refractivity contribution >= 4 is 10.0 Å². The third kappa shape index (κ3) is 3.44. The molecule has 1 atom stereocenters. The van der Waals surface area contributed by atoms with E-state index in [0.29, 0.717) is 16.2 Å². The highest BCUT2D eigenvalue weighted by Gasteiger charge is 2.27. The van der Waals surface area contributed by atoms with Gasteiger partial charge in [0.1, 0.15) is 11.5 Å². The first kappa shape index (κ1) is 18.7. The molecular formula is C20H25NO4S. The fourth-order valence-electron chi connectivity index (χ4n) is 3.57. The SMILES string of the molecule is COc1ccc2c(c1)CCCC2NS(=O)(=O)c1ccc(OC)c(C)c1C. The van der Waals surface area contributed by atoms with Crippen LogP contribution in [-0.2, 0) is 16.4 Å². The van der Waals surface area contributed by atoms with E-state index < -0.39 is 10.0 Å². The maximum absolute atomic E-state index is 13.0. The summed E-state index contributed by atoms with van der Waals surface area (Å²) in [5.41, 5.74) is 3.72. The lowest BCUT2D eigenvalue weighted by Gasteiger charge is -2.27. The second-order valence-electron chi connectivity index (χ2n) is 6.65. The molecule has 140 valence electrons. The van der Waals surface area contributed by atoms with Crippen LogP contribution in [0.1, 0.15) is 41.1 Å². The Kier molecular flexibility index (Phi) is 5.25. The van der Waals surface area contributed by atoms with Crippen LogP contribution < -0.4 is 14.2 Å². The average molecular weight is 375 g/mol. The number of benzene rings is 2. The Bertz CT molecular complexity index is 922. The highest BCUT2D eigenvalue weighted by Crippen LogP contribution is 2.34. The van der Waals surface area contributed by atoms with E-state index in [-0.39, 0.29) is 6.04 Å². The van der Waals surface area contributed by atoms with Gasteiger partial charge in [0, 0.05) is 6.04 Å². The predicted octanol–water partition coefficient (Wildman–Crippen LogP) is 3.68. The van der Waals surface area contributed by atoms with Gasteiger partial charge in [-0.25, -0.2) is 13.1 Å². The standard InChI is InChI=1S/C20H25NO4S/c1-13-14(2)20(11-10-19(13)25-4)26(22,23)21-18-7-5-6-15-12-16(24-3)8-9-17(15)18/h8-12,18,21H,5-7H2,1-4H3. The molecule has 0 spiro atoms. The lowest BCUT2D eigenvalue weighted by Crippen LogP contribution is -2.31. The zero-order chi connectivity index (χ0) is 18.9. The number of methoxy groups -OCH3 is 2. The molecular weight excluding hydrogens is 350 g/mol. The number of rotatable bonds is 5. The first-order valence-corrected chi connectivity index (χ1v) is 10.2. The van der Waals surface area contributed by atoms with Crippen molar-refractivity contribution in [3.63, 3.8) is 0 Å². The molecule has 0 bridgehead atoms. The zero-order valence-corrected chi connectivity index (χ0v) is 16.4. The molecule has 3 rings (SSSR count). The van der Waals surface area contributed by atoms with Crippen LogP contribution in [0.15, 0.2) is 35.2 Å². The second-order valence-corrected chi connectivity index (χ2v) is 8.33. The zero-order valence-electron chi connectivity index (χ0n) is 15.6. The molecule has 0 heterocycles. The van der Waals surface area contributed by atoms with Crippen molar-refractivity contribution in [2.24, 2.45) is 0 Å². The summed E-state index contributed by atoms with van der Waals surface area (Å²) in [5.74, 6) is 1.49. The molecule has 1 aliphatic rings. The van der Waals surface area contributed by atoms with Crippen molar-refractivity contribution in [3.8, 4) is 11.5 Å². The van der Waals surface area contributed by atoms with E-state index >= 15 is 0 Å². The van der Waals surface area contributed by atoms with E-state index in [4.69, 9.17) is 9.47 Å². The number of hydrogen-bond acceptors (Lipinski definition) is 4. The van der Waals surface area contributed by atoms with Crippen molar-refractivity contribution in [3.05, 3.63) is 52.6 Å². The monoisotopic (exact) mass is 375 g/mol. The fourth-order valence-corrected chi connectivity index (χ4v) is 5.12. The predicted molar refractivity (Wildman–Crippen MR) is 101 cm³/mol. The van der Waals surface area contributed by atoms with Gasteiger partial charge in [-0.2, -0.15) is 0 Å². The van der Waals surface area contributed by atoms with Gasteiger partial charge in [-0.05, 0) is 79.6 Å². The molecule has 2 aromatic carbocycles. The molecule has 0 fully saturated rings. The van der Waals surface area contributed by atoms with Crippen molar-refractivity contribution < 1.29 is 17.9 Å². The van der Waals surface area contributed by atoms with Gasteiger partial charge in [-0.3, -0.25) is 0 Å². The second kappa shape index (κ2) is 7.29. The van der Waals surface area contributed by atoms with Gasteiger partial charge in [0.05, 0.1) is 19.1 Å². The van der Waals surface area contributed by atoms with Gasteiger partial charge >= 0.3 is 0 Å². The molecule has 1 aliphatic carbocycles. The van der Waals surface area contributed by atoms with Crippen molar-refractivity contribution in [2.45, 2.75) is 44.0 Å². The number of hydrogen-bond donors (Lipinski definition) is 1. The third-order valence-corrected chi connectivity index (χ3v) is 6.78. The van der Waals surface area contributed by atoms with Crippen molar-refractivity contribution in [2.75, 3.05) is 14.2 Å². The summed E-state index contributed by atoms with van der Waals surface area (Å²) in [6.45, 7) is 3.68. The topological polar surface area (TPSA) is 64.6 Å². The molecule has 6 heteroatoms. The minimum Gasteiger partial charge on any atom is -0.497 e. The lowest BCUT2D eigenvalue weighted by molar-refractivity contribution is 0.410. The molecule has 26 heavy (non-hydrogen) atoms. The molecule has 1 unspecified atom stereocenters. The minimum atomic E-state index is -3.63. The number of sulfonamides is 1. The Balaban J connectivity index is 1.94. The van der Waals surface area contributed by atoms with E-state index in [1.807, 2.05) is 32.0 Å². The minimum absolute atomic E-state index is 0.225. The molecule has 0 radical (unpaired) electrons. The summed E-state index contributed by atoms with van der Waals surface area (Å²) in [6, 6.07) is 8.94. The Hall–Kier alpha value is -2.05. The van der Waals surface area contributed by atoms with Gasteiger partial charge < -0.3 is 9.47 Å². The number of ether oxygens (including phenoxy) is 2. The maximum Gasteiger partial charge on any atom is 0.241 e. The molecule has 0 saturated heterocycles. The maximum atomic E-state index is 13.0. The van der Waals surface area contributed by atoms with Crippen LogP contribution in [0.5, 0.6) is 11.5 Å². The molecule has 5 nitrogen and oxygen atoms in total. The smallest absolute Gasteiger partial charge is 0.241 e. The normalized spacial score (nSPS) is 16.8. The van der Waals surface area contributed by atoms with Crippen LogP contribution >= 0.6 is 0 Å². The summed E-state index contributed by atoms with van der Waals surface area (Å²) in [6.07, 6.45) is 2.66. The summed E-state index contributed by atoms with van der Waals surface area (Å²) in [7, 11) is -0.410. The van der Waals surface area contributed by atoms with Crippen molar-refractivity contribution in [1.29, 1.82) is 0 Å². The first-order valence-electron chi connectivity index (χ1n) is 8.70. The highest BCUT2D eigenvalue weighted by atomic mass is 32.2. The molecule has 0 saturated carbocycles. The highest BCUT2D eigenvalue weighted by molar-refractivity contribution is 7.89. The van der Waals surface area contributed by atoms with E-state index in [2.05, 4.69) is 4.72 Å². The molecule has 0 aliphatic heterocycles. The largest absolute Gasteiger partial charge is 0.497 e. The number of fused-ring (bicyclic) bond motifs is 1. The Labute approximate surface area is 155 Å². The summed E-state index contributed by atoms with van der Waals surface area (Å²) in [4.78, 5) is 0.302. The Morgan fingerprint density at radius 3 is 2.50 bits per heavy atom. The van der Waals surface area contributed by atoms with E-state index in [1.54, 1.807) is 26.4 Å². The summed E-state index contributed by atoms with van der Waals surface area (Å²) < 4.78 is 39.5. The Morgan fingerprint density at radius 1 is 1.04 bits per heavy atom. The molecule has 0 aromatic heterocycles. The Morgan fingerprint density at radius 2 is 1.81 bits per heavy atom. The number of aryl methyl sites for hydroxylation is 1. The third-order valence-electron chi connectivity index (χ3n) is 5.16. The lowest BCUT2D eigenvalue weighted by atomic mass is 9.88. The van der Waals surface area contributed by atoms with Gasteiger partial charge in [0.15, 0.2) is 0 Å². The van der Waals surface area contributed by atoms with Crippen LogP contribution in [-0.4, -0.2) is 22.6 Å². The first-order chi connectivity index (χ1) is 12.4. The van der Waals surface area contributed by atoms with Crippen LogP contribution in [0.25, 0.3) is 0 Å². The summed E-state index contributed by atoms with van der Waals surface area (Å²) >= 11 is 0. The van der Waals surface area contributed by atoms with Crippen LogP contribution in [0.3, 0.4) is 0 Å². The van der Waals surface area contributed by atoms with E-state index in [0.717, 1.165) is 41.7 Å². The van der Waals surface area contributed by atoms with Gasteiger partial charge in [-0.1, -0.05) is 6.07 Å². The molecule has 1 N–H and O–H groups in total. The molecule has 2 aromatic rings. The van der Waals surface area contributed by atoms with Gasteiger partial charge in [-0.15, -0.1) is 0 Å². The van der Waals surface area contributed by atoms with Gasteiger partial charge in [0.25, 0.3) is 0 Å². The number of nitrogens with one attached hydrogen (secondary N) is 1. The quantitative estimate of drug-likeness (QED) is 0.866.